The van der Waals surface area contributed by atoms with E-state index in [1.54, 1.807) is 20.8 Å². The summed E-state index contributed by atoms with van der Waals surface area (Å²) >= 11 is 6.00. The number of aromatic nitrogens is 1. The molecular formula is C17H24N5O7S3-. The number of thiocarbonyl (C=S) groups is 1. The van der Waals surface area contributed by atoms with Gasteiger partial charge >= 0.3 is 5.97 Å². The monoisotopic (exact) mass is 506 g/mol. The molecule has 1 saturated heterocycles. The third kappa shape index (κ3) is 5.90. The largest absolute Gasteiger partial charge is 0.731 e. The zero-order chi connectivity index (χ0) is 24.6. The number of nitrogen functional groups attached to an aromatic ring is 1. The summed E-state index contributed by atoms with van der Waals surface area (Å²) in [5.41, 5.74) is 3.06. The van der Waals surface area contributed by atoms with Crippen LogP contribution in [0.15, 0.2) is 10.5 Å². The van der Waals surface area contributed by atoms with Crippen LogP contribution < -0.4 is 11.1 Å². The van der Waals surface area contributed by atoms with Crippen LogP contribution in [0.1, 0.15) is 47.2 Å². The van der Waals surface area contributed by atoms with Gasteiger partial charge in [-0.05, 0) is 41.5 Å². The predicted molar refractivity (Wildman–Crippen MR) is 120 cm³/mol. The Morgan fingerprint density at radius 3 is 2.38 bits per heavy atom. The number of esters is 1. The Kier molecular flexibility index (Phi) is 7.19. The van der Waals surface area contributed by atoms with Crippen LogP contribution in [0.25, 0.3) is 0 Å². The van der Waals surface area contributed by atoms with E-state index in [0.717, 1.165) is 11.3 Å². The maximum absolute atomic E-state index is 12.9. The van der Waals surface area contributed by atoms with E-state index in [-0.39, 0.29) is 21.5 Å². The van der Waals surface area contributed by atoms with Crippen LogP contribution in [0.5, 0.6) is 0 Å². The van der Waals surface area contributed by atoms with E-state index in [2.05, 4.69) is 15.5 Å². The topological polar surface area (TPSA) is 176 Å². The quantitative estimate of drug-likeness (QED) is 0.174. The molecular weight excluding hydrogens is 482 g/mol. The van der Waals surface area contributed by atoms with Gasteiger partial charge in [0.2, 0.25) is 5.60 Å². The molecule has 0 aliphatic carbocycles. The number of amides is 1. The lowest BCUT2D eigenvalue weighted by molar-refractivity contribution is -0.179. The van der Waals surface area contributed by atoms with E-state index < -0.39 is 45.5 Å². The first kappa shape index (κ1) is 25.9. The standard InChI is InChI=1S/C17H25N5O7S3/c1-8-10(13(30)22(8)32(25,26)27)20-12(23)11(9-7-31-15(18)19-9)21-29-17(5,6)14(24)28-16(2,3)4/h7-8,10H,1-6H3,(H2,18,19)(H,20,23)(H,25,26,27)/p-1/b21-11-/t8-,10-/m0/s1. The third-order valence-electron chi connectivity index (χ3n) is 4.10. The molecule has 0 spiro atoms. The third-order valence-corrected chi connectivity index (χ3v) is 6.35. The molecule has 0 saturated carbocycles. The molecule has 1 fully saturated rings. The molecule has 1 aromatic heterocycles. The second-order valence-electron chi connectivity index (χ2n) is 8.40. The van der Waals surface area contributed by atoms with Crippen LogP contribution in [-0.2, 0) is 29.5 Å². The summed E-state index contributed by atoms with van der Waals surface area (Å²) in [7, 11) is -4.80. The number of oxime groups is 1. The Balaban J connectivity index is 2.26. The van der Waals surface area contributed by atoms with Gasteiger partial charge in [-0.1, -0.05) is 17.4 Å². The van der Waals surface area contributed by atoms with Crippen molar-refractivity contribution >= 4 is 61.6 Å². The van der Waals surface area contributed by atoms with Gasteiger partial charge in [0.1, 0.15) is 22.3 Å². The van der Waals surface area contributed by atoms with Crippen molar-refractivity contribution in [2.24, 2.45) is 5.16 Å². The molecule has 2 atom stereocenters. The molecule has 178 valence electrons. The molecule has 2 heterocycles. The highest BCUT2D eigenvalue weighted by molar-refractivity contribution is 7.87. The number of rotatable bonds is 7. The summed E-state index contributed by atoms with van der Waals surface area (Å²) in [5, 5.41) is 7.92. The second-order valence-corrected chi connectivity index (χ2v) is 11.0. The zero-order valence-electron chi connectivity index (χ0n) is 18.2. The summed E-state index contributed by atoms with van der Waals surface area (Å²) in [6.07, 6.45) is 0. The Morgan fingerprint density at radius 2 is 1.94 bits per heavy atom. The van der Waals surface area contributed by atoms with Crippen LogP contribution in [-0.4, -0.2) is 68.1 Å². The molecule has 0 radical (unpaired) electrons. The minimum Gasteiger partial charge on any atom is -0.731 e. The van der Waals surface area contributed by atoms with Gasteiger partial charge in [-0.2, -0.15) is 0 Å². The van der Waals surface area contributed by atoms with Gasteiger partial charge in [0.25, 0.3) is 5.91 Å². The minimum atomic E-state index is -4.80. The average Bonchev–Trinajstić information content (AvgIpc) is 3.03. The molecule has 12 nitrogen and oxygen atoms in total. The highest BCUT2D eigenvalue weighted by Crippen LogP contribution is 2.25. The molecule has 0 bridgehead atoms. The molecule has 15 heteroatoms. The molecule has 2 rings (SSSR count). The number of hydrogen-bond acceptors (Lipinski definition) is 12. The van der Waals surface area contributed by atoms with Gasteiger partial charge in [0, 0.05) is 5.38 Å². The van der Waals surface area contributed by atoms with Crippen LogP contribution >= 0.6 is 23.6 Å². The lowest BCUT2D eigenvalue weighted by Gasteiger charge is -2.48. The molecule has 3 N–H and O–H groups in total. The van der Waals surface area contributed by atoms with Crippen molar-refractivity contribution in [3.63, 3.8) is 0 Å². The fourth-order valence-electron chi connectivity index (χ4n) is 2.50. The predicted octanol–water partition coefficient (Wildman–Crippen LogP) is 0.543. The zero-order valence-corrected chi connectivity index (χ0v) is 20.7. The van der Waals surface area contributed by atoms with Gasteiger partial charge in [0.15, 0.2) is 21.1 Å². The maximum Gasteiger partial charge on any atom is 0.353 e. The van der Waals surface area contributed by atoms with Crippen molar-refractivity contribution in [3.8, 4) is 0 Å². The Morgan fingerprint density at radius 1 is 1.34 bits per heavy atom. The lowest BCUT2D eigenvalue weighted by Crippen LogP contribution is -2.70. The van der Waals surface area contributed by atoms with Crippen LogP contribution in [0.3, 0.4) is 0 Å². The summed E-state index contributed by atoms with van der Waals surface area (Å²) in [6.45, 7) is 9.31. The summed E-state index contributed by atoms with van der Waals surface area (Å²) < 4.78 is 39.6. The average molecular weight is 507 g/mol. The van der Waals surface area contributed by atoms with Crippen molar-refractivity contribution in [1.82, 2.24) is 14.6 Å². The number of carbonyl (C=O) groups excluding carboxylic acids is 2. The number of nitrogens with one attached hydrogen (secondary N) is 1. The van der Waals surface area contributed by atoms with Crippen molar-refractivity contribution in [1.29, 1.82) is 0 Å². The molecule has 1 aliphatic rings. The van der Waals surface area contributed by atoms with Crippen molar-refractivity contribution < 1.29 is 32.1 Å². The lowest BCUT2D eigenvalue weighted by atomic mass is 10.0. The van der Waals surface area contributed by atoms with Crippen molar-refractivity contribution in [2.75, 3.05) is 5.73 Å². The van der Waals surface area contributed by atoms with E-state index in [1.807, 2.05) is 0 Å². The summed E-state index contributed by atoms with van der Waals surface area (Å²) in [4.78, 5) is 34.4. The summed E-state index contributed by atoms with van der Waals surface area (Å²) in [5.74, 6) is -1.53. The Labute approximate surface area is 195 Å². The molecule has 1 aliphatic heterocycles. The van der Waals surface area contributed by atoms with Crippen molar-refractivity contribution in [3.05, 3.63) is 11.1 Å². The van der Waals surface area contributed by atoms with Gasteiger partial charge in [-0.3, -0.25) is 9.10 Å². The van der Waals surface area contributed by atoms with Crippen LogP contribution in [0.2, 0.25) is 0 Å². The number of ether oxygens (including phenoxy) is 1. The maximum atomic E-state index is 12.9. The Bertz CT molecular complexity index is 1060. The van der Waals surface area contributed by atoms with E-state index in [9.17, 15) is 22.6 Å². The van der Waals surface area contributed by atoms with Gasteiger partial charge in [-0.25, -0.2) is 18.2 Å². The molecule has 1 aromatic rings. The first-order valence-corrected chi connectivity index (χ1v) is 11.9. The van der Waals surface area contributed by atoms with Gasteiger partial charge in [-0.15, -0.1) is 11.3 Å². The van der Waals surface area contributed by atoms with E-state index >= 15 is 0 Å². The number of hydrogen-bond donors (Lipinski definition) is 2. The Hall–Kier alpha value is -2.36. The highest BCUT2D eigenvalue weighted by atomic mass is 32.2. The van der Waals surface area contributed by atoms with E-state index in [4.69, 9.17) is 27.5 Å². The first-order chi connectivity index (χ1) is 14.4. The van der Waals surface area contributed by atoms with Gasteiger partial charge < -0.3 is 25.2 Å². The number of nitrogens with two attached hydrogens (primary N) is 1. The number of thiazole rings is 1. The van der Waals surface area contributed by atoms with Crippen LogP contribution in [0.4, 0.5) is 5.13 Å². The second kappa shape index (κ2) is 8.88. The fourth-order valence-corrected chi connectivity index (χ4v) is 4.61. The smallest absolute Gasteiger partial charge is 0.353 e. The number of carbonyl (C=O) groups is 2. The fraction of sp³-hybridized carbons (Fsp3) is 0.588. The van der Waals surface area contributed by atoms with Gasteiger partial charge in [0.05, 0.1) is 6.04 Å². The SMILES string of the molecule is C[C@H]1[C@H](NC(=O)/C(=N\OC(C)(C)C(=O)OC(C)(C)C)c2csc(N)n2)C(=S)N1S(=O)(=O)[O-]. The number of anilines is 1. The van der Waals surface area contributed by atoms with Crippen LogP contribution in [0, 0.1) is 0 Å². The van der Waals surface area contributed by atoms with E-state index in [0.29, 0.717) is 4.31 Å². The molecule has 0 unspecified atom stereocenters. The first-order valence-electron chi connectivity index (χ1n) is 9.25. The normalized spacial score (nSPS) is 19.9. The summed E-state index contributed by atoms with van der Waals surface area (Å²) in [6, 6.07) is -1.81. The molecule has 32 heavy (non-hydrogen) atoms. The molecule has 1 amide bonds. The van der Waals surface area contributed by atoms with Crippen molar-refractivity contribution in [2.45, 2.75) is 64.8 Å². The molecule has 0 aromatic carbocycles. The minimum absolute atomic E-state index is 0.0659. The number of nitrogens with zero attached hydrogens (tertiary/aromatic N) is 3. The van der Waals surface area contributed by atoms with E-state index in [1.165, 1.54) is 26.2 Å². The highest BCUT2D eigenvalue weighted by Gasteiger charge is 2.46.